The van der Waals surface area contributed by atoms with E-state index < -0.39 is 0 Å². The molecule has 0 aromatic rings. The molecule has 0 rings (SSSR count). The Morgan fingerprint density at radius 2 is 1.82 bits per heavy atom. The Hall–Kier alpha value is -0.720. The molecule has 2 N–H and O–H groups in total. The minimum atomic E-state index is -0.175. The second-order valence-electron chi connectivity index (χ2n) is 2.14. The van der Waals surface area contributed by atoms with E-state index >= 15 is 0 Å². The second-order valence-corrected chi connectivity index (χ2v) is 2.51. The van der Waals surface area contributed by atoms with Crippen LogP contribution in [-0.2, 0) is 0 Å². The quantitative estimate of drug-likeness (QED) is 0.350. The van der Waals surface area contributed by atoms with Gasteiger partial charge in [0.05, 0.1) is 0 Å². The third-order valence-corrected chi connectivity index (χ3v) is 1.23. The van der Waals surface area contributed by atoms with E-state index in [0.717, 1.165) is 5.71 Å². The highest BCUT2D eigenvalue weighted by Crippen LogP contribution is 1.92. The van der Waals surface area contributed by atoms with Gasteiger partial charge in [0, 0.05) is 12.8 Å². The van der Waals surface area contributed by atoms with E-state index in [9.17, 15) is 0 Å². The number of hydrogen-bond acceptors (Lipinski definition) is 4. The summed E-state index contributed by atoms with van der Waals surface area (Å²) in [4.78, 5) is 0. The number of hydrazone groups is 1. The lowest BCUT2D eigenvalue weighted by Gasteiger charge is -2.16. The number of hydrogen-bond donors (Lipinski definition) is 2. The fraction of sp³-hybridized carbons (Fsp3) is 0.600. The first kappa shape index (κ1) is 10.3. The SMILES string of the molecule is CC(C)=NN(C)C(=S)N(O)O. The van der Waals surface area contributed by atoms with Crippen molar-refractivity contribution in [2.45, 2.75) is 13.8 Å². The van der Waals surface area contributed by atoms with Crippen LogP contribution in [0.15, 0.2) is 5.10 Å². The van der Waals surface area contributed by atoms with Crippen LogP contribution in [0.1, 0.15) is 13.8 Å². The van der Waals surface area contributed by atoms with Crippen molar-refractivity contribution in [1.82, 2.24) is 10.2 Å². The molecule has 0 saturated carbocycles. The number of thiocarbonyl (C=S) groups is 1. The van der Waals surface area contributed by atoms with Crippen LogP contribution in [0, 0.1) is 0 Å². The van der Waals surface area contributed by atoms with Crippen molar-refractivity contribution >= 4 is 23.0 Å². The van der Waals surface area contributed by atoms with Gasteiger partial charge in [-0.25, -0.2) is 5.01 Å². The largest absolute Gasteiger partial charge is 0.262 e. The maximum absolute atomic E-state index is 8.44. The zero-order valence-electron chi connectivity index (χ0n) is 6.64. The third-order valence-electron chi connectivity index (χ3n) is 0.798. The molecule has 11 heavy (non-hydrogen) atoms. The molecule has 0 radical (unpaired) electrons. The molecule has 0 fully saturated rings. The van der Waals surface area contributed by atoms with E-state index in [1.165, 1.54) is 12.1 Å². The van der Waals surface area contributed by atoms with Gasteiger partial charge in [-0.1, -0.05) is 5.23 Å². The van der Waals surface area contributed by atoms with Crippen molar-refractivity contribution in [3.63, 3.8) is 0 Å². The van der Waals surface area contributed by atoms with Crippen LogP contribution in [-0.4, -0.2) is 38.5 Å². The van der Waals surface area contributed by atoms with Crippen LogP contribution in [0.25, 0.3) is 0 Å². The van der Waals surface area contributed by atoms with Crippen LogP contribution < -0.4 is 0 Å². The average molecular weight is 177 g/mol. The minimum absolute atomic E-state index is 0.151. The van der Waals surface area contributed by atoms with Crippen molar-refractivity contribution in [2.75, 3.05) is 7.05 Å². The van der Waals surface area contributed by atoms with Gasteiger partial charge in [-0.05, 0) is 26.1 Å². The Morgan fingerprint density at radius 1 is 1.36 bits per heavy atom. The van der Waals surface area contributed by atoms with Gasteiger partial charge >= 0.3 is 0 Å². The number of nitrogens with zero attached hydrogens (tertiary/aromatic N) is 3. The predicted octanol–water partition coefficient (Wildman–Crippen LogP) is 0.679. The van der Waals surface area contributed by atoms with Gasteiger partial charge in [0.1, 0.15) is 0 Å². The van der Waals surface area contributed by atoms with Gasteiger partial charge in [-0.2, -0.15) is 5.10 Å². The molecule has 0 saturated heterocycles. The van der Waals surface area contributed by atoms with Gasteiger partial charge in [0.25, 0.3) is 0 Å². The lowest BCUT2D eigenvalue weighted by atomic mass is 10.5. The molecule has 0 aromatic heterocycles. The van der Waals surface area contributed by atoms with Gasteiger partial charge in [0.2, 0.25) is 5.11 Å². The van der Waals surface area contributed by atoms with Crippen LogP contribution in [0.4, 0.5) is 0 Å². The summed E-state index contributed by atoms with van der Waals surface area (Å²) in [5.41, 5.74) is 0.775. The molecule has 0 aliphatic carbocycles. The molecular formula is C5H11N3O2S. The highest BCUT2D eigenvalue weighted by atomic mass is 32.1. The molecule has 0 unspecified atom stereocenters. The summed E-state index contributed by atoms with van der Waals surface area (Å²) in [6.07, 6.45) is 0. The van der Waals surface area contributed by atoms with Crippen molar-refractivity contribution in [2.24, 2.45) is 5.10 Å². The zero-order valence-corrected chi connectivity index (χ0v) is 7.46. The molecule has 64 valence electrons. The highest BCUT2D eigenvalue weighted by molar-refractivity contribution is 7.80. The maximum Gasteiger partial charge on any atom is 0.245 e. The van der Waals surface area contributed by atoms with E-state index in [2.05, 4.69) is 17.3 Å². The minimum Gasteiger partial charge on any atom is -0.262 e. The summed E-state index contributed by atoms with van der Waals surface area (Å²) in [7, 11) is 1.52. The Morgan fingerprint density at radius 3 is 2.09 bits per heavy atom. The molecule has 0 spiro atoms. The van der Waals surface area contributed by atoms with E-state index in [4.69, 9.17) is 10.4 Å². The predicted molar refractivity (Wildman–Crippen MR) is 44.6 cm³/mol. The topological polar surface area (TPSA) is 59.3 Å². The standard InChI is InChI=1S/C5H11N3O2S/c1-4(2)6-7(3)5(11)8(9)10/h9-10H,1-3H3. The lowest BCUT2D eigenvalue weighted by Crippen LogP contribution is -2.33. The Kier molecular flexibility index (Phi) is 3.94. The van der Waals surface area contributed by atoms with Crippen molar-refractivity contribution in [1.29, 1.82) is 0 Å². The summed E-state index contributed by atoms with van der Waals surface area (Å²) >= 11 is 4.56. The van der Waals surface area contributed by atoms with Gasteiger partial charge in [-0.15, -0.1) is 0 Å². The smallest absolute Gasteiger partial charge is 0.245 e. The summed E-state index contributed by atoms with van der Waals surface area (Å²) < 4.78 is 0. The molecule has 0 atom stereocenters. The van der Waals surface area contributed by atoms with Gasteiger partial charge in [-0.3, -0.25) is 10.4 Å². The third kappa shape index (κ3) is 3.87. The number of rotatable bonds is 1. The molecule has 0 aliphatic rings. The van der Waals surface area contributed by atoms with Crippen molar-refractivity contribution < 1.29 is 10.4 Å². The van der Waals surface area contributed by atoms with Crippen molar-refractivity contribution in [3.8, 4) is 0 Å². The van der Waals surface area contributed by atoms with E-state index in [0.29, 0.717) is 0 Å². The average Bonchev–Trinajstić information content (AvgIpc) is 1.84. The molecule has 6 heteroatoms. The van der Waals surface area contributed by atoms with Crippen LogP contribution in [0.2, 0.25) is 0 Å². The van der Waals surface area contributed by atoms with E-state index in [1.54, 1.807) is 13.8 Å². The normalized spacial score (nSPS) is 8.82. The first-order chi connectivity index (χ1) is 4.95. The molecule has 0 amide bonds. The molecule has 0 bridgehead atoms. The summed E-state index contributed by atoms with van der Waals surface area (Å²) in [5.74, 6) is 0. The molecular weight excluding hydrogens is 166 g/mol. The molecule has 0 aromatic carbocycles. The lowest BCUT2D eigenvalue weighted by molar-refractivity contribution is -0.248. The van der Waals surface area contributed by atoms with Crippen LogP contribution in [0.5, 0.6) is 0 Å². The monoisotopic (exact) mass is 177 g/mol. The van der Waals surface area contributed by atoms with Crippen molar-refractivity contribution in [3.05, 3.63) is 0 Å². The van der Waals surface area contributed by atoms with E-state index in [-0.39, 0.29) is 10.3 Å². The maximum atomic E-state index is 8.44. The first-order valence-electron chi connectivity index (χ1n) is 2.92. The van der Waals surface area contributed by atoms with Crippen LogP contribution >= 0.6 is 12.2 Å². The number of hydroxylamine groups is 2. The fourth-order valence-electron chi connectivity index (χ4n) is 0.472. The molecule has 0 aliphatic heterocycles. The summed E-state index contributed by atoms with van der Waals surface area (Å²) in [5, 5.41) is 21.6. The van der Waals surface area contributed by atoms with Gasteiger partial charge in [0.15, 0.2) is 0 Å². The van der Waals surface area contributed by atoms with Crippen LogP contribution in [0.3, 0.4) is 0 Å². The van der Waals surface area contributed by atoms with E-state index in [1.807, 2.05) is 0 Å². The Bertz CT molecular complexity index is 177. The molecule has 0 heterocycles. The van der Waals surface area contributed by atoms with Gasteiger partial charge < -0.3 is 0 Å². The fourth-order valence-corrected chi connectivity index (χ4v) is 0.513. The highest BCUT2D eigenvalue weighted by Gasteiger charge is 2.06. The Balaban J connectivity index is 4.15. The zero-order chi connectivity index (χ0) is 9.02. The second kappa shape index (κ2) is 4.22. The summed E-state index contributed by atoms with van der Waals surface area (Å²) in [6, 6.07) is 0. The molecule has 5 nitrogen and oxygen atoms in total. The first-order valence-corrected chi connectivity index (χ1v) is 3.33. The summed E-state index contributed by atoms with van der Waals surface area (Å²) in [6.45, 7) is 3.55. The Labute approximate surface area is 70.4 Å².